The SMILES string of the molecule is Cc1cc(C(=O)Nc2nc(C)c3cc(C)oc3n2)c2c(C)noc2n1. The van der Waals surface area contributed by atoms with Crippen molar-refractivity contribution in [3.8, 4) is 0 Å². The summed E-state index contributed by atoms with van der Waals surface area (Å²) in [7, 11) is 0. The van der Waals surface area contributed by atoms with E-state index in [2.05, 4.69) is 25.4 Å². The van der Waals surface area contributed by atoms with Crippen molar-refractivity contribution < 1.29 is 13.7 Å². The molecule has 1 amide bonds. The number of anilines is 1. The quantitative estimate of drug-likeness (QED) is 0.598. The molecule has 4 aromatic heterocycles. The van der Waals surface area contributed by atoms with E-state index in [4.69, 9.17) is 8.94 Å². The van der Waals surface area contributed by atoms with Crippen molar-refractivity contribution in [2.45, 2.75) is 27.7 Å². The van der Waals surface area contributed by atoms with Gasteiger partial charge in [-0.15, -0.1) is 0 Å². The van der Waals surface area contributed by atoms with Gasteiger partial charge in [0.1, 0.15) is 5.76 Å². The van der Waals surface area contributed by atoms with Gasteiger partial charge in [0.15, 0.2) is 0 Å². The summed E-state index contributed by atoms with van der Waals surface area (Å²) in [6.45, 7) is 7.22. The molecule has 0 spiro atoms. The molecule has 8 nitrogen and oxygen atoms in total. The molecule has 0 atom stereocenters. The Balaban J connectivity index is 1.77. The van der Waals surface area contributed by atoms with Gasteiger partial charge >= 0.3 is 0 Å². The first kappa shape index (κ1) is 15.3. The van der Waals surface area contributed by atoms with E-state index >= 15 is 0 Å². The lowest BCUT2D eigenvalue weighted by molar-refractivity contribution is 0.102. The molecule has 1 N–H and O–H groups in total. The fourth-order valence-electron chi connectivity index (χ4n) is 2.81. The average molecular weight is 337 g/mol. The third-order valence-corrected chi connectivity index (χ3v) is 3.92. The Morgan fingerprint density at radius 2 is 1.80 bits per heavy atom. The zero-order valence-corrected chi connectivity index (χ0v) is 14.2. The molecule has 25 heavy (non-hydrogen) atoms. The molecule has 4 rings (SSSR count). The van der Waals surface area contributed by atoms with E-state index in [0.717, 1.165) is 16.8 Å². The highest BCUT2D eigenvalue weighted by Gasteiger charge is 2.19. The van der Waals surface area contributed by atoms with Crippen LogP contribution in [0.15, 0.2) is 21.1 Å². The van der Waals surface area contributed by atoms with Crippen LogP contribution in [-0.4, -0.2) is 26.0 Å². The van der Waals surface area contributed by atoms with Gasteiger partial charge in [-0.25, -0.2) is 9.97 Å². The van der Waals surface area contributed by atoms with Gasteiger partial charge in [0.25, 0.3) is 11.6 Å². The lowest BCUT2D eigenvalue weighted by Crippen LogP contribution is -2.15. The molecule has 0 fully saturated rings. The lowest BCUT2D eigenvalue weighted by Gasteiger charge is -2.06. The number of rotatable bonds is 2. The molecule has 4 heterocycles. The first-order valence-electron chi connectivity index (χ1n) is 7.72. The number of nitrogens with zero attached hydrogens (tertiary/aromatic N) is 4. The van der Waals surface area contributed by atoms with Gasteiger partial charge in [-0.2, -0.15) is 4.98 Å². The topological polar surface area (TPSA) is 107 Å². The molecule has 0 aliphatic heterocycles. The van der Waals surface area contributed by atoms with E-state index < -0.39 is 0 Å². The minimum Gasteiger partial charge on any atom is -0.443 e. The Hall–Kier alpha value is -3.29. The first-order valence-corrected chi connectivity index (χ1v) is 7.72. The highest BCUT2D eigenvalue weighted by Crippen LogP contribution is 2.24. The number of amides is 1. The Morgan fingerprint density at radius 1 is 1.00 bits per heavy atom. The number of pyridine rings is 1. The minimum atomic E-state index is -0.358. The molecule has 0 saturated heterocycles. The summed E-state index contributed by atoms with van der Waals surface area (Å²) in [5, 5.41) is 8.00. The van der Waals surface area contributed by atoms with Crippen molar-refractivity contribution in [3.05, 3.63) is 40.5 Å². The summed E-state index contributed by atoms with van der Waals surface area (Å²) < 4.78 is 10.7. The van der Waals surface area contributed by atoms with Crippen molar-refractivity contribution in [2.24, 2.45) is 0 Å². The Morgan fingerprint density at radius 3 is 2.60 bits per heavy atom. The molecule has 0 unspecified atom stereocenters. The summed E-state index contributed by atoms with van der Waals surface area (Å²) in [4.78, 5) is 25.6. The first-order chi connectivity index (χ1) is 11.9. The number of aromatic nitrogens is 4. The standard InChI is InChI=1S/C17H15N5O3/c1-7-5-12(13-10(4)22-25-16(13)18-7)14(23)20-17-19-9(3)11-6-8(2)24-15(11)21-17/h5-6H,1-4H3,(H,19,20,21,23). The molecule has 8 heteroatoms. The van der Waals surface area contributed by atoms with Gasteiger partial charge in [0, 0.05) is 5.69 Å². The average Bonchev–Trinajstić information content (AvgIpc) is 3.09. The minimum absolute atomic E-state index is 0.182. The molecule has 0 aliphatic carbocycles. The number of aryl methyl sites for hydroxylation is 4. The summed E-state index contributed by atoms with van der Waals surface area (Å²) >= 11 is 0. The number of hydrogen-bond acceptors (Lipinski definition) is 7. The van der Waals surface area contributed by atoms with Gasteiger partial charge in [-0.05, 0) is 39.8 Å². The number of carbonyl (C=O) groups is 1. The molecule has 0 aliphatic rings. The van der Waals surface area contributed by atoms with Crippen molar-refractivity contribution >= 4 is 34.1 Å². The van der Waals surface area contributed by atoms with Gasteiger partial charge in [-0.1, -0.05) is 5.16 Å². The number of nitrogens with one attached hydrogen (secondary N) is 1. The van der Waals surface area contributed by atoms with Crippen LogP contribution < -0.4 is 5.32 Å². The van der Waals surface area contributed by atoms with Crippen molar-refractivity contribution in [2.75, 3.05) is 5.32 Å². The van der Waals surface area contributed by atoms with Crippen LogP contribution in [0.5, 0.6) is 0 Å². The fourth-order valence-corrected chi connectivity index (χ4v) is 2.81. The number of fused-ring (bicyclic) bond motifs is 2. The van der Waals surface area contributed by atoms with E-state index in [1.54, 1.807) is 19.9 Å². The van der Waals surface area contributed by atoms with E-state index in [-0.39, 0.29) is 11.9 Å². The van der Waals surface area contributed by atoms with Gasteiger partial charge in [0.2, 0.25) is 11.7 Å². The molecule has 126 valence electrons. The van der Waals surface area contributed by atoms with Crippen molar-refractivity contribution in [3.63, 3.8) is 0 Å². The predicted octanol–water partition coefficient (Wildman–Crippen LogP) is 3.24. The fraction of sp³-hybridized carbons (Fsp3) is 0.235. The van der Waals surface area contributed by atoms with Crippen LogP contribution in [0.3, 0.4) is 0 Å². The normalized spacial score (nSPS) is 11.4. The molecule has 0 aromatic carbocycles. The third kappa shape index (κ3) is 2.51. The molecular formula is C17H15N5O3. The third-order valence-electron chi connectivity index (χ3n) is 3.92. The smallest absolute Gasteiger partial charge is 0.258 e. The van der Waals surface area contributed by atoms with Crippen LogP contribution in [0.25, 0.3) is 22.2 Å². The maximum Gasteiger partial charge on any atom is 0.258 e. The maximum absolute atomic E-state index is 12.8. The zero-order valence-electron chi connectivity index (χ0n) is 14.2. The molecule has 0 radical (unpaired) electrons. The van der Waals surface area contributed by atoms with Crippen LogP contribution in [0.2, 0.25) is 0 Å². The lowest BCUT2D eigenvalue weighted by atomic mass is 10.1. The Kier molecular flexibility index (Phi) is 3.28. The summed E-state index contributed by atoms with van der Waals surface area (Å²) in [5.74, 6) is 0.562. The number of carbonyl (C=O) groups excluding carboxylic acids is 1. The van der Waals surface area contributed by atoms with E-state index in [0.29, 0.717) is 33.8 Å². The Bertz CT molecular complexity index is 1140. The van der Waals surface area contributed by atoms with Crippen LogP contribution in [0.1, 0.15) is 33.2 Å². The van der Waals surface area contributed by atoms with Crippen molar-refractivity contribution in [1.29, 1.82) is 0 Å². The van der Waals surface area contributed by atoms with Gasteiger partial charge in [0.05, 0.1) is 27.7 Å². The van der Waals surface area contributed by atoms with E-state index in [9.17, 15) is 4.79 Å². The molecule has 4 aromatic rings. The second-order valence-electron chi connectivity index (χ2n) is 5.92. The largest absolute Gasteiger partial charge is 0.443 e. The molecular weight excluding hydrogens is 322 g/mol. The Labute approximate surface area is 142 Å². The second-order valence-corrected chi connectivity index (χ2v) is 5.92. The predicted molar refractivity (Wildman–Crippen MR) is 90.5 cm³/mol. The van der Waals surface area contributed by atoms with Crippen LogP contribution in [0.4, 0.5) is 5.95 Å². The van der Waals surface area contributed by atoms with Gasteiger partial charge in [-0.3, -0.25) is 10.1 Å². The van der Waals surface area contributed by atoms with Gasteiger partial charge < -0.3 is 8.94 Å². The number of furan rings is 1. The highest BCUT2D eigenvalue weighted by atomic mass is 16.5. The summed E-state index contributed by atoms with van der Waals surface area (Å²) in [5.41, 5.74) is 3.17. The molecule has 0 saturated carbocycles. The van der Waals surface area contributed by atoms with E-state index in [1.165, 1.54) is 0 Å². The maximum atomic E-state index is 12.8. The zero-order chi connectivity index (χ0) is 17.7. The van der Waals surface area contributed by atoms with Crippen molar-refractivity contribution in [1.82, 2.24) is 20.1 Å². The van der Waals surface area contributed by atoms with Crippen LogP contribution >= 0.6 is 0 Å². The summed E-state index contributed by atoms with van der Waals surface area (Å²) in [6, 6.07) is 3.55. The second kappa shape index (κ2) is 5.37. The summed E-state index contributed by atoms with van der Waals surface area (Å²) in [6.07, 6.45) is 0. The molecule has 0 bridgehead atoms. The van der Waals surface area contributed by atoms with E-state index in [1.807, 2.05) is 19.9 Å². The number of hydrogen-bond donors (Lipinski definition) is 1. The highest BCUT2D eigenvalue weighted by molar-refractivity contribution is 6.11. The van der Waals surface area contributed by atoms with Crippen LogP contribution in [-0.2, 0) is 0 Å². The monoisotopic (exact) mass is 337 g/mol. The van der Waals surface area contributed by atoms with Crippen LogP contribution in [0, 0.1) is 27.7 Å².